The summed E-state index contributed by atoms with van der Waals surface area (Å²) < 4.78 is 25.3. The highest BCUT2D eigenvalue weighted by Gasteiger charge is 2.17. The monoisotopic (exact) mass is 279 g/mol. The fourth-order valence-electron chi connectivity index (χ4n) is 1.54. The summed E-state index contributed by atoms with van der Waals surface area (Å²) in [5.41, 5.74) is 1.31. The Bertz CT molecular complexity index is 702. The lowest BCUT2D eigenvalue weighted by Gasteiger charge is -2.06. The van der Waals surface area contributed by atoms with E-state index in [2.05, 4.69) is 10.4 Å². The second kappa shape index (κ2) is 4.85. The highest BCUT2D eigenvalue weighted by molar-refractivity contribution is 7.89. The molecule has 0 spiro atoms. The number of rotatable bonds is 3. The summed E-state index contributed by atoms with van der Waals surface area (Å²) in [7, 11) is -3.67. The molecule has 19 heavy (non-hydrogen) atoms. The van der Waals surface area contributed by atoms with Gasteiger partial charge in [-0.25, -0.2) is 0 Å². The third-order valence-electron chi connectivity index (χ3n) is 2.41. The van der Waals surface area contributed by atoms with Crippen LogP contribution in [0.25, 0.3) is 0 Å². The first kappa shape index (κ1) is 13.3. The van der Waals surface area contributed by atoms with E-state index in [0.29, 0.717) is 5.69 Å². The van der Waals surface area contributed by atoms with E-state index < -0.39 is 10.0 Å². The summed E-state index contributed by atoms with van der Waals surface area (Å²) in [6, 6.07) is 5.92. The van der Waals surface area contributed by atoms with Crippen molar-refractivity contribution in [1.82, 2.24) is 9.19 Å². The zero-order valence-corrected chi connectivity index (χ0v) is 11.3. The molecule has 0 unspecified atom stereocenters. The summed E-state index contributed by atoms with van der Waals surface area (Å²) in [6.45, 7) is 3.15. The van der Waals surface area contributed by atoms with Crippen molar-refractivity contribution in [3.8, 4) is 0 Å². The maximum Gasteiger partial charge on any atom is 0.282 e. The summed E-state index contributed by atoms with van der Waals surface area (Å²) in [5.74, 6) is -0.210. The number of hydrogen-bond donors (Lipinski definition) is 1. The van der Waals surface area contributed by atoms with Crippen molar-refractivity contribution in [1.29, 1.82) is 0 Å². The van der Waals surface area contributed by atoms with Gasteiger partial charge in [-0.15, -0.1) is 0 Å². The number of amides is 1. The Kier molecular flexibility index (Phi) is 3.39. The maximum absolute atomic E-state index is 12.2. The van der Waals surface area contributed by atoms with Gasteiger partial charge in [-0.2, -0.15) is 17.6 Å². The minimum atomic E-state index is -3.67. The quantitative estimate of drug-likeness (QED) is 0.920. The van der Waals surface area contributed by atoms with Crippen molar-refractivity contribution in [3.05, 3.63) is 42.2 Å². The van der Waals surface area contributed by atoms with E-state index in [1.54, 1.807) is 6.92 Å². The third-order valence-corrected chi connectivity index (χ3v) is 3.97. The molecular weight excluding hydrogens is 266 g/mol. The Balaban J connectivity index is 2.34. The second-order valence-corrected chi connectivity index (χ2v) is 5.90. The molecule has 0 atom stereocenters. The third kappa shape index (κ3) is 2.82. The number of hydrogen-bond acceptors (Lipinski definition) is 4. The molecule has 0 fully saturated rings. The Labute approximate surface area is 111 Å². The number of benzene rings is 1. The van der Waals surface area contributed by atoms with Gasteiger partial charge in [0.2, 0.25) is 5.91 Å². The molecule has 0 bridgehead atoms. The first-order chi connectivity index (χ1) is 8.89. The van der Waals surface area contributed by atoms with Crippen LogP contribution < -0.4 is 5.32 Å². The molecule has 7 heteroatoms. The fraction of sp³-hybridized carbons (Fsp3) is 0.167. The van der Waals surface area contributed by atoms with Gasteiger partial charge in [0.25, 0.3) is 10.0 Å². The van der Waals surface area contributed by atoms with Crippen LogP contribution in [-0.4, -0.2) is 23.5 Å². The van der Waals surface area contributed by atoms with Crippen molar-refractivity contribution in [3.63, 3.8) is 0 Å². The van der Waals surface area contributed by atoms with Crippen molar-refractivity contribution in [2.24, 2.45) is 0 Å². The zero-order chi connectivity index (χ0) is 14.0. The van der Waals surface area contributed by atoms with E-state index in [1.807, 2.05) is 0 Å². The maximum atomic E-state index is 12.2. The largest absolute Gasteiger partial charge is 0.326 e. The van der Waals surface area contributed by atoms with E-state index in [9.17, 15) is 13.2 Å². The van der Waals surface area contributed by atoms with Crippen molar-refractivity contribution < 1.29 is 13.2 Å². The Morgan fingerprint density at radius 2 is 1.89 bits per heavy atom. The summed E-state index contributed by atoms with van der Waals surface area (Å²) in [6.07, 6.45) is 2.92. The molecule has 1 amide bonds. The number of nitrogens with zero attached hydrogens (tertiary/aromatic N) is 2. The van der Waals surface area contributed by atoms with Crippen LogP contribution in [0.4, 0.5) is 5.69 Å². The lowest BCUT2D eigenvalue weighted by Crippen LogP contribution is -2.13. The van der Waals surface area contributed by atoms with Crippen LogP contribution >= 0.6 is 0 Å². The Morgan fingerprint density at radius 3 is 2.37 bits per heavy atom. The highest BCUT2D eigenvalue weighted by atomic mass is 32.2. The molecule has 0 aliphatic carbocycles. The average molecular weight is 279 g/mol. The van der Waals surface area contributed by atoms with Gasteiger partial charge < -0.3 is 5.32 Å². The minimum Gasteiger partial charge on any atom is -0.326 e. The molecule has 0 aliphatic heterocycles. The standard InChI is InChI=1S/C12H13N3O3S/c1-9-7-13-15(8-9)19(17,18)12-5-3-11(4-6-12)14-10(2)16/h3-8H,1-2H3,(H,14,16). The molecule has 100 valence electrons. The first-order valence-electron chi connectivity index (χ1n) is 5.54. The van der Waals surface area contributed by atoms with Crippen LogP contribution in [0.15, 0.2) is 41.6 Å². The van der Waals surface area contributed by atoms with Crippen LogP contribution in [0.1, 0.15) is 12.5 Å². The van der Waals surface area contributed by atoms with Gasteiger partial charge in [0.05, 0.1) is 11.1 Å². The fourth-order valence-corrected chi connectivity index (χ4v) is 2.71. The van der Waals surface area contributed by atoms with E-state index in [0.717, 1.165) is 9.65 Å². The van der Waals surface area contributed by atoms with Crippen LogP contribution in [0, 0.1) is 6.92 Å². The lowest BCUT2D eigenvalue weighted by atomic mass is 10.3. The highest BCUT2D eigenvalue weighted by Crippen LogP contribution is 2.16. The molecule has 1 heterocycles. The smallest absolute Gasteiger partial charge is 0.282 e. The topological polar surface area (TPSA) is 81.1 Å². The van der Waals surface area contributed by atoms with E-state index in [1.165, 1.54) is 43.6 Å². The summed E-state index contributed by atoms with van der Waals surface area (Å²) in [4.78, 5) is 11.0. The molecule has 0 aliphatic rings. The van der Waals surface area contributed by atoms with Gasteiger partial charge in [0, 0.05) is 18.8 Å². The number of carbonyl (C=O) groups is 1. The van der Waals surface area contributed by atoms with E-state index >= 15 is 0 Å². The molecule has 2 aromatic rings. The van der Waals surface area contributed by atoms with Gasteiger partial charge in [-0.1, -0.05) is 0 Å². The predicted molar refractivity (Wildman–Crippen MR) is 70.3 cm³/mol. The van der Waals surface area contributed by atoms with E-state index in [4.69, 9.17) is 0 Å². The second-order valence-electron chi connectivity index (χ2n) is 4.10. The number of anilines is 1. The van der Waals surface area contributed by atoms with Gasteiger partial charge >= 0.3 is 0 Å². The van der Waals surface area contributed by atoms with Gasteiger partial charge in [-0.3, -0.25) is 4.79 Å². The molecule has 1 aromatic carbocycles. The molecule has 1 N–H and O–H groups in total. The van der Waals surface area contributed by atoms with Gasteiger partial charge in [-0.05, 0) is 36.8 Å². The molecule has 0 saturated carbocycles. The minimum absolute atomic E-state index is 0.115. The van der Waals surface area contributed by atoms with Crippen molar-refractivity contribution in [2.75, 3.05) is 5.32 Å². The zero-order valence-electron chi connectivity index (χ0n) is 10.5. The lowest BCUT2D eigenvalue weighted by molar-refractivity contribution is -0.114. The predicted octanol–water partition coefficient (Wildman–Crippen LogP) is 1.39. The van der Waals surface area contributed by atoms with Crippen LogP contribution in [-0.2, 0) is 14.8 Å². The number of aromatic nitrogens is 2. The first-order valence-corrected chi connectivity index (χ1v) is 6.98. The van der Waals surface area contributed by atoms with Crippen molar-refractivity contribution in [2.45, 2.75) is 18.7 Å². The molecule has 0 radical (unpaired) electrons. The van der Waals surface area contributed by atoms with E-state index in [-0.39, 0.29) is 10.8 Å². The van der Waals surface area contributed by atoms with Crippen molar-refractivity contribution >= 4 is 21.6 Å². The number of nitrogens with one attached hydrogen (secondary N) is 1. The van der Waals surface area contributed by atoms with Crippen LogP contribution in [0.2, 0.25) is 0 Å². The van der Waals surface area contributed by atoms with Gasteiger partial charge in [0.15, 0.2) is 0 Å². The number of aryl methyl sites for hydroxylation is 1. The summed E-state index contributed by atoms with van der Waals surface area (Å²) >= 11 is 0. The SMILES string of the molecule is CC(=O)Nc1ccc(S(=O)(=O)n2cc(C)cn2)cc1. The normalized spacial score (nSPS) is 11.3. The molecule has 1 aromatic heterocycles. The molecular formula is C12H13N3O3S. The Morgan fingerprint density at radius 1 is 1.26 bits per heavy atom. The number of carbonyl (C=O) groups excluding carboxylic acids is 1. The molecule has 2 rings (SSSR count). The van der Waals surface area contributed by atoms with Crippen LogP contribution in [0.3, 0.4) is 0 Å². The molecule has 6 nitrogen and oxygen atoms in total. The summed E-state index contributed by atoms with van der Waals surface area (Å²) in [5, 5.41) is 6.36. The van der Waals surface area contributed by atoms with Crippen LogP contribution in [0.5, 0.6) is 0 Å². The molecule has 0 saturated heterocycles. The Hall–Kier alpha value is -2.15. The van der Waals surface area contributed by atoms with Gasteiger partial charge in [0.1, 0.15) is 0 Å². The average Bonchev–Trinajstić information content (AvgIpc) is 2.76.